The van der Waals surface area contributed by atoms with Gasteiger partial charge in [-0.3, -0.25) is 4.79 Å². The molecule has 0 bridgehead atoms. The van der Waals surface area contributed by atoms with Gasteiger partial charge in [-0.05, 0) is 49.1 Å². The number of aryl methyl sites for hydroxylation is 2. The molecule has 2 aromatic carbocycles. The summed E-state index contributed by atoms with van der Waals surface area (Å²) in [4.78, 5) is 12.0. The number of rotatable bonds is 8. The molecule has 0 spiro atoms. The highest BCUT2D eigenvalue weighted by Crippen LogP contribution is 2.14. The summed E-state index contributed by atoms with van der Waals surface area (Å²) in [7, 11) is -3.59. The second-order valence-electron chi connectivity index (χ2n) is 5.98. The maximum absolute atomic E-state index is 12.2. The van der Waals surface area contributed by atoms with E-state index in [0.29, 0.717) is 6.54 Å². The van der Waals surface area contributed by atoms with Gasteiger partial charge >= 0.3 is 0 Å². The molecule has 2 aromatic rings. The summed E-state index contributed by atoms with van der Waals surface area (Å²) in [5, 5.41) is 2.80. The first-order valence-corrected chi connectivity index (χ1v) is 9.74. The Bertz CT molecular complexity index is 818. The molecule has 0 atom stereocenters. The minimum atomic E-state index is -3.59. The van der Waals surface area contributed by atoms with Crippen LogP contribution >= 0.6 is 0 Å². The summed E-state index contributed by atoms with van der Waals surface area (Å²) in [6, 6.07) is 14.9. The van der Waals surface area contributed by atoms with Crippen molar-refractivity contribution < 1.29 is 13.2 Å². The summed E-state index contributed by atoms with van der Waals surface area (Å²) < 4.78 is 26.9. The monoisotopic (exact) mass is 360 g/mol. The molecule has 2 N–H and O–H groups in total. The molecule has 134 valence electrons. The first-order chi connectivity index (χ1) is 11.9. The zero-order chi connectivity index (χ0) is 18.3. The lowest BCUT2D eigenvalue weighted by atomic mass is 10.1. The SMILES string of the molecule is Cc1ccc(S(=O)(=O)NCCC(=O)NCCc2ccccc2)cc1C. The van der Waals surface area contributed by atoms with Crippen molar-refractivity contribution in [2.24, 2.45) is 0 Å². The van der Waals surface area contributed by atoms with E-state index < -0.39 is 10.0 Å². The number of hydrogen-bond acceptors (Lipinski definition) is 3. The fourth-order valence-corrected chi connectivity index (χ4v) is 3.46. The predicted molar refractivity (Wildman–Crippen MR) is 98.9 cm³/mol. The molecular weight excluding hydrogens is 336 g/mol. The maximum Gasteiger partial charge on any atom is 0.240 e. The van der Waals surface area contributed by atoms with Crippen LogP contribution in [0.3, 0.4) is 0 Å². The molecule has 0 saturated carbocycles. The van der Waals surface area contributed by atoms with Gasteiger partial charge in [0.15, 0.2) is 0 Å². The maximum atomic E-state index is 12.2. The van der Waals surface area contributed by atoms with Crippen molar-refractivity contribution in [3.63, 3.8) is 0 Å². The molecule has 1 amide bonds. The third kappa shape index (κ3) is 5.99. The van der Waals surface area contributed by atoms with Gasteiger partial charge in [0.1, 0.15) is 0 Å². The highest BCUT2D eigenvalue weighted by molar-refractivity contribution is 7.89. The first kappa shape index (κ1) is 19.1. The number of amides is 1. The molecule has 0 aliphatic carbocycles. The van der Waals surface area contributed by atoms with Crippen LogP contribution in [0.15, 0.2) is 53.4 Å². The molecule has 6 heteroatoms. The minimum absolute atomic E-state index is 0.0758. The van der Waals surface area contributed by atoms with E-state index in [1.165, 1.54) is 0 Å². The number of benzene rings is 2. The van der Waals surface area contributed by atoms with Crippen molar-refractivity contribution in [1.29, 1.82) is 0 Å². The lowest BCUT2D eigenvalue weighted by molar-refractivity contribution is -0.120. The first-order valence-electron chi connectivity index (χ1n) is 8.26. The Morgan fingerprint density at radius 3 is 2.36 bits per heavy atom. The van der Waals surface area contributed by atoms with Crippen LogP contribution in [0.4, 0.5) is 0 Å². The molecule has 0 aromatic heterocycles. The van der Waals surface area contributed by atoms with Crippen LogP contribution in [0.5, 0.6) is 0 Å². The average molecular weight is 360 g/mol. The zero-order valence-electron chi connectivity index (χ0n) is 14.6. The third-order valence-electron chi connectivity index (χ3n) is 4.01. The fraction of sp³-hybridized carbons (Fsp3) is 0.316. The Morgan fingerprint density at radius 2 is 1.68 bits per heavy atom. The van der Waals surface area contributed by atoms with E-state index in [4.69, 9.17) is 0 Å². The van der Waals surface area contributed by atoms with Gasteiger partial charge in [-0.15, -0.1) is 0 Å². The van der Waals surface area contributed by atoms with Crippen molar-refractivity contribution >= 4 is 15.9 Å². The highest BCUT2D eigenvalue weighted by Gasteiger charge is 2.14. The summed E-state index contributed by atoms with van der Waals surface area (Å²) in [5.74, 6) is -0.168. The number of carbonyl (C=O) groups excluding carboxylic acids is 1. The van der Waals surface area contributed by atoms with Crippen LogP contribution in [0.25, 0.3) is 0 Å². The van der Waals surface area contributed by atoms with Crippen molar-refractivity contribution in [3.05, 3.63) is 65.2 Å². The van der Waals surface area contributed by atoms with Gasteiger partial charge in [-0.1, -0.05) is 36.4 Å². The van der Waals surface area contributed by atoms with Gasteiger partial charge in [-0.2, -0.15) is 0 Å². The van der Waals surface area contributed by atoms with Crippen molar-refractivity contribution in [2.45, 2.75) is 31.6 Å². The minimum Gasteiger partial charge on any atom is -0.356 e. The quantitative estimate of drug-likeness (QED) is 0.759. The number of hydrogen-bond donors (Lipinski definition) is 2. The molecule has 25 heavy (non-hydrogen) atoms. The Kier molecular flexibility index (Phi) is 6.73. The van der Waals surface area contributed by atoms with Crippen molar-refractivity contribution in [2.75, 3.05) is 13.1 Å². The second-order valence-corrected chi connectivity index (χ2v) is 7.75. The van der Waals surface area contributed by atoms with Gasteiger partial charge in [-0.25, -0.2) is 13.1 Å². The summed E-state index contributed by atoms with van der Waals surface area (Å²) in [5.41, 5.74) is 3.11. The van der Waals surface area contributed by atoms with Crippen LogP contribution < -0.4 is 10.0 Å². The standard InChI is InChI=1S/C19H24N2O3S/c1-15-8-9-18(14-16(15)2)25(23,24)21-13-11-19(22)20-12-10-17-6-4-3-5-7-17/h3-9,14,21H,10-13H2,1-2H3,(H,20,22). The molecule has 0 fully saturated rings. The second kappa shape index (κ2) is 8.78. The molecule has 0 unspecified atom stereocenters. The molecule has 0 heterocycles. The van der Waals surface area contributed by atoms with E-state index in [1.807, 2.05) is 44.2 Å². The highest BCUT2D eigenvalue weighted by atomic mass is 32.2. The topological polar surface area (TPSA) is 75.3 Å². The zero-order valence-corrected chi connectivity index (χ0v) is 15.4. The van der Waals surface area contributed by atoms with Crippen LogP contribution in [0.2, 0.25) is 0 Å². The third-order valence-corrected chi connectivity index (χ3v) is 5.47. The molecular formula is C19H24N2O3S. The van der Waals surface area contributed by atoms with E-state index in [-0.39, 0.29) is 23.8 Å². The molecule has 0 aliphatic heterocycles. The van der Waals surface area contributed by atoms with Gasteiger partial charge in [0.05, 0.1) is 4.90 Å². The van der Waals surface area contributed by atoms with Crippen LogP contribution in [-0.4, -0.2) is 27.4 Å². The average Bonchev–Trinajstić information content (AvgIpc) is 2.58. The van der Waals surface area contributed by atoms with Crippen LogP contribution in [-0.2, 0) is 21.2 Å². The van der Waals surface area contributed by atoms with Gasteiger partial charge in [0.25, 0.3) is 0 Å². The summed E-state index contributed by atoms with van der Waals surface area (Å²) >= 11 is 0. The van der Waals surface area contributed by atoms with Gasteiger partial charge in [0.2, 0.25) is 15.9 Å². The molecule has 0 aliphatic rings. The number of sulfonamides is 1. The van der Waals surface area contributed by atoms with Crippen LogP contribution in [0, 0.1) is 13.8 Å². The van der Waals surface area contributed by atoms with E-state index in [9.17, 15) is 13.2 Å². The molecule has 5 nitrogen and oxygen atoms in total. The summed E-state index contributed by atoms with van der Waals surface area (Å²) in [6.07, 6.45) is 0.861. The normalized spacial score (nSPS) is 11.3. The van der Waals surface area contributed by atoms with E-state index in [0.717, 1.165) is 23.1 Å². The Morgan fingerprint density at radius 1 is 0.960 bits per heavy atom. The molecule has 0 saturated heterocycles. The molecule has 0 radical (unpaired) electrons. The number of nitrogens with one attached hydrogen (secondary N) is 2. The predicted octanol–water partition coefficient (Wildman–Crippen LogP) is 2.33. The smallest absolute Gasteiger partial charge is 0.240 e. The lowest BCUT2D eigenvalue weighted by Gasteiger charge is -2.09. The van der Waals surface area contributed by atoms with E-state index in [1.54, 1.807) is 18.2 Å². The largest absolute Gasteiger partial charge is 0.356 e. The van der Waals surface area contributed by atoms with Gasteiger partial charge in [0, 0.05) is 19.5 Å². The fourth-order valence-electron chi connectivity index (χ4n) is 2.34. The van der Waals surface area contributed by atoms with E-state index in [2.05, 4.69) is 10.0 Å². The Hall–Kier alpha value is -2.18. The molecule has 2 rings (SSSR count). The lowest BCUT2D eigenvalue weighted by Crippen LogP contribution is -2.31. The van der Waals surface area contributed by atoms with Crippen LogP contribution in [0.1, 0.15) is 23.1 Å². The Balaban J connectivity index is 1.75. The summed E-state index contributed by atoms with van der Waals surface area (Å²) in [6.45, 7) is 4.41. The van der Waals surface area contributed by atoms with E-state index >= 15 is 0 Å². The number of carbonyl (C=O) groups is 1. The van der Waals surface area contributed by atoms with Crippen molar-refractivity contribution in [3.8, 4) is 0 Å². The Labute approximate surface area is 149 Å². The van der Waals surface area contributed by atoms with Gasteiger partial charge < -0.3 is 5.32 Å². The van der Waals surface area contributed by atoms with Crippen molar-refractivity contribution in [1.82, 2.24) is 10.0 Å².